The molecule has 3 heterocycles. The Balaban J connectivity index is 1.52. The third-order valence-corrected chi connectivity index (χ3v) is 7.93. The molecule has 0 saturated carbocycles. The lowest BCUT2D eigenvalue weighted by molar-refractivity contribution is -0.0949. The van der Waals surface area contributed by atoms with E-state index >= 15 is 0 Å². The Morgan fingerprint density at radius 2 is 1.89 bits per heavy atom. The van der Waals surface area contributed by atoms with Gasteiger partial charge < -0.3 is 19.3 Å². The number of hydrogen-bond acceptors (Lipinski definition) is 8. The van der Waals surface area contributed by atoms with Crippen molar-refractivity contribution < 1.29 is 24.1 Å². The molecule has 1 spiro atoms. The number of phenolic OH excluding ortho intramolecular Hbond substituents is 1. The summed E-state index contributed by atoms with van der Waals surface area (Å²) in [4.78, 5) is 13.5. The van der Waals surface area contributed by atoms with Crippen molar-refractivity contribution in [3.63, 3.8) is 0 Å². The van der Waals surface area contributed by atoms with Crippen LogP contribution in [0.2, 0.25) is 0 Å². The molecule has 10 heteroatoms. The molecule has 188 valence electrons. The molecule has 0 radical (unpaired) electrons. The van der Waals surface area contributed by atoms with Gasteiger partial charge in [0, 0.05) is 16.5 Å². The zero-order valence-electron chi connectivity index (χ0n) is 19.9. The maximum absolute atomic E-state index is 12.9. The van der Waals surface area contributed by atoms with E-state index in [1.807, 2.05) is 59.6 Å². The lowest BCUT2D eigenvalue weighted by Crippen LogP contribution is -2.61. The number of hydrogen-bond donors (Lipinski definition) is 2. The molecule has 1 amide bonds. The highest BCUT2D eigenvalue weighted by Gasteiger charge is 2.58. The number of halogens is 1. The number of nitrogens with zero attached hydrogens (tertiary/aromatic N) is 2. The Kier molecular flexibility index (Phi) is 5.80. The average Bonchev–Trinajstić information content (AvgIpc) is 3.49. The minimum absolute atomic E-state index is 0.0970. The predicted molar refractivity (Wildman–Crippen MR) is 145 cm³/mol. The van der Waals surface area contributed by atoms with Gasteiger partial charge in [0.25, 0.3) is 5.24 Å². The highest BCUT2D eigenvalue weighted by molar-refractivity contribution is 9.10. The van der Waals surface area contributed by atoms with Gasteiger partial charge in [0.05, 0.1) is 30.9 Å². The molecule has 37 heavy (non-hydrogen) atoms. The van der Waals surface area contributed by atoms with E-state index < -0.39 is 5.85 Å². The van der Waals surface area contributed by atoms with Gasteiger partial charge in [-0.1, -0.05) is 46.3 Å². The molecule has 3 aliphatic heterocycles. The van der Waals surface area contributed by atoms with Crippen LogP contribution in [-0.2, 0) is 0 Å². The predicted octanol–water partition coefficient (Wildman–Crippen LogP) is 5.87. The van der Waals surface area contributed by atoms with Gasteiger partial charge >= 0.3 is 5.85 Å². The Hall–Kier alpha value is -3.63. The summed E-state index contributed by atoms with van der Waals surface area (Å²) in [5, 5.41) is 20.0. The van der Waals surface area contributed by atoms with Crippen molar-refractivity contribution in [2.24, 2.45) is 5.10 Å². The van der Waals surface area contributed by atoms with Gasteiger partial charge in [-0.15, -0.1) is 0 Å². The standard InChI is InChI=1S/C27H22BrN3O5S/c1-34-22-10-15(11-23(35-2)25(22)32)12-24-27(29-26(33)37-24)31-20(18-13-17(28)8-9-21(18)36-27)14-19(30-31)16-6-4-3-5-7-16/h3-13,20,32H,14H2,1-2H3,(H,29,33)/b24-12-. The van der Waals surface area contributed by atoms with Crippen molar-refractivity contribution in [2.45, 2.75) is 18.3 Å². The zero-order valence-corrected chi connectivity index (χ0v) is 22.3. The average molecular weight is 580 g/mol. The number of carbonyl (C=O) groups is 1. The fourth-order valence-electron chi connectivity index (χ4n) is 4.84. The van der Waals surface area contributed by atoms with Crippen LogP contribution in [0.1, 0.15) is 29.2 Å². The Labute approximate surface area is 226 Å². The number of ether oxygens (including phenoxy) is 3. The summed E-state index contributed by atoms with van der Waals surface area (Å²) in [5.74, 6) is -0.262. The molecule has 3 aromatic rings. The lowest BCUT2D eigenvalue weighted by Gasteiger charge is -2.45. The first-order valence-electron chi connectivity index (χ1n) is 11.5. The van der Waals surface area contributed by atoms with Crippen LogP contribution in [0.15, 0.2) is 75.1 Å². The monoisotopic (exact) mass is 579 g/mol. The summed E-state index contributed by atoms with van der Waals surface area (Å²) in [6.07, 6.45) is 2.47. The van der Waals surface area contributed by atoms with Crippen molar-refractivity contribution >= 4 is 44.7 Å². The number of carbonyl (C=O) groups excluding carboxylic acids is 1. The molecular weight excluding hydrogens is 558 g/mol. The molecule has 2 atom stereocenters. The van der Waals surface area contributed by atoms with Gasteiger partial charge in [0.15, 0.2) is 11.5 Å². The maximum Gasteiger partial charge on any atom is 0.314 e. The fourth-order valence-corrected chi connectivity index (χ4v) is 6.13. The van der Waals surface area contributed by atoms with Crippen molar-refractivity contribution in [1.82, 2.24) is 10.3 Å². The zero-order chi connectivity index (χ0) is 25.7. The molecule has 3 aromatic carbocycles. The van der Waals surface area contributed by atoms with Crippen LogP contribution in [0.25, 0.3) is 6.08 Å². The molecule has 0 aromatic heterocycles. The first kappa shape index (κ1) is 23.7. The number of benzene rings is 3. The van der Waals surface area contributed by atoms with Crippen LogP contribution < -0.4 is 19.5 Å². The summed E-state index contributed by atoms with van der Waals surface area (Å²) in [5.41, 5.74) is 3.56. The molecule has 2 N–H and O–H groups in total. The fraction of sp³-hybridized carbons (Fsp3) is 0.185. The molecule has 2 unspecified atom stereocenters. The third-order valence-electron chi connectivity index (χ3n) is 6.54. The van der Waals surface area contributed by atoms with Crippen molar-refractivity contribution in [3.05, 3.63) is 86.7 Å². The molecule has 1 fully saturated rings. The molecular formula is C27H22BrN3O5S. The highest BCUT2D eigenvalue weighted by Crippen LogP contribution is 2.53. The highest BCUT2D eigenvalue weighted by atomic mass is 79.9. The van der Waals surface area contributed by atoms with Crippen molar-refractivity contribution in [3.8, 4) is 23.0 Å². The minimum atomic E-state index is -1.35. The van der Waals surface area contributed by atoms with Gasteiger partial charge in [-0.3, -0.25) is 10.1 Å². The number of rotatable bonds is 4. The SMILES string of the molecule is COc1cc(/C=C2\SC(=O)NC23Oc2ccc(Br)cc2C2CC(c4ccccc4)=NN23)cc(OC)c1O. The van der Waals surface area contributed by atoms with E-state index in [2.05, 4.69) is 21.2 Å². The van der Waals surface area contributed by atoms with E-state index in [-0.39, 0.29) is 28.5 Å². The first-order valence-corrected chi connectivity index (χ1v) is 13.1. The number of nitrogens with one attached hydrogen (secondary N) is 1. The van der Waals surface area contributed by atoms with E-state index in [1.54, 1.807) is 12.1 Å². The van der Waals surface area contributed by atoms with Crippen molar-refractivity contribution in [2.75, 3.05) is 14.2 Å². The van der Waals surface area contributed by atoms with E-state index in [9.17, 15) is 9.90 Å². The second kappa shape index (κ2) is 9.04. The van der Waals surface area contributed by atoms with Crippen LogP contribution in [0.5, 0.6) is 23.0 Å². The topological polar surface area (TPSA) is 92.6 Å². The molecule has 8 nitrogen and oxygen atoms in total. The van der Waals surface area contributed by atoms with E-state index in [0.717, 1.165) is 33.1 Å². The van der Waals surface area contributed by atoms with Crippen LogP contribution in [-0.4, -0.2) is 41.1 Å². The number of thioether (sulfide) groups is 1. The maximum atomic E-state index is 12.9. The summed E-state index contributed by atoms with van der Waals surface area (Å²) in [6.45, 7) is 0. The van der Waals surface area contributed by atoms with E-state index in [0.29, 0.717) is 22.6 Å². The van der Waals surface area contributed by atoms with Crippen LogP contribution >= 0.6 is 27.7 Å². The summed E-state index contributed by atoms with van der Waals surface area (Å²) in [7, 11) is 2.94. The second-order valence-corrected chi connectivity index (χ2v) is 10.6. The Morgan fingerprint density at radius 1 is 1.16 bits per heavy atom. The summed E-state index contributed by atoms with van der Waals surface area (Å²) < 4.78 is 18.2. The molecule has 0 aliphatic carbocycles. The number of phenols is 1. The van der Waals surface area contributed by atoms with Crippen LogP contribution in [0.3, 0.4) is 0 Å². The van der Waals surface area contributed by atoms with Gasteiger partial charge in [0.1, 0.15) is 5.75 Å². The number of amides is 1. The molecule has 3 aliphatic rings. The molecule has 1 saturated heterocycles. The van der Waals surface area contributed by atoms with Gasteiger partial charge in [-0.25, -0.2) is 5.01 Å². The number of hydrazone groups is 1. The first-order chi connectivity index (χ1) is 17.9. The Morgan fingerprint density at radius 3 is 2.59 bits per heavy atom. The summed E-state index contributed by atoms with van der Waals surface area (Å²) in [6, 6.07) is 19.0. The smallest absolute Gasteiger partial charge is 0.314 e. The third kappa shape index (κ3) is 3.91. The van der Waals surface area contributed by atoms with E-state index in [1.165, 1.54) is 14.2 Å². The van der Waals surface area contributed by atoms with Gasteiger partial charge in [0.2, 0.25) is 5.75 Å². The van der Waals surface area contributed by atoms with Crippen LogP contribution in [0.4, 0.5) is 4.79 Å². The lowest BCUT2D eigenvalue weighted by atomic mass is 9.95. The second-order valence-electron chi connectivity index (χ2n) is 8.70. The molecule has 6 rings (SSSR count). The van der Waals surface area contributed by atoms with Gasteiger partial charge in [-0.05, 0) is 59.3 Å². The number of aromatic hydroxyl groups is 1. The quantitative estimate of drug-likeness (QED) is 0.399. The summed E-state index contributed by atoms with van der Waals surface area (Å²) >= 11 is 4.62. The molecule has 0 bridgehead atoms. The number of methoxy groups -OCH3 is 2. The Bertz CT molecular complexity index is 1450. The van der Waals surface area contributed by atoms with E-state index in [4.69, 9.17) is 19.3 Å². The minimum Gasteiger partial charge on any atom is -0.502 e. The number of fused-ring (bicyclic) bond motifs is 4. The van der Waals surface area contributed by atoms with Crippen LogP contribution in [0, 0.1) is 0 Å². The largest absolute Gasteiger partial charge is 0.502 e. The van der Waals surface area contributed by atoms with Crippen molar-refractivity contribution in [1.29, 1.82) is 0 Å². The van der Waals surface area contributed by atoms with Gasteiger partial charge in [-0.2, -0.15) is 5.10 Å². The normalized spacial score (nSPS) is 22.8.